The van der Waals surface area contributed by atoms with Gasteiger partial charge in [0, 0.05) is 24.9 Å². The second kappa shape index (κ2) is 6.82. The van der Waals surface area contributed by atoms with Crippen LogP contribution < -0.4 is 0 Å². The van der Waals surface area contributed by atoms with Crippen LogP contribution in [0.15, 0.2) is 4.42 Å². The average molecular weight is 332 g/mol. The number of amides is 1. The quantitative estimate of drug-likeness (QED) is 0.847. The van der Waals surface area contributed by atoms with Gasteiger partial charge < -0.3 is 9.32 Å². The second-order valence-electron chi connectivity index (χ2n) is 7.87. The summed E-state index contributed by atoms with van der Waals surface area (Å²) in [6.45, 7) is 6.60. The van der Waals surface area contributed by atoms with Crippen molar-refractivity contribution in [2.45, 2.75) is 57.3 Å². The van der Waals surface area contributed by atoms with E-state index in [1.807, 2.05) is 4.90 Å². The van der Waals surface area contributed by atoms with Crippen LogP contribution in [0.1, 0.15) is 69.1 Å². The topological polar surface area (TPSA) is 62.5 Å². The van der Waals surface area contributed by atoms with Crippen molar-refractivity contribution in [2.75, 3.05) is 32.7 Å². The summed E-state index contributed by atoms with van der Waals surface area (Å²) in [5.74, 6) is 3.60. The normalized spacial score (nSPS) is 24.5. The molecular weight excluding hydrogens is 304 g/mol. The molecule has 2 aliphatic heterocycles. The Bertz CT molecular complexity index is 567. The number of likely N-dealkylation sites (tertiary alicyclic amines) is 2. The van der Waals surface area contributed by atoms with E-state index < -0.39 is 0 Å². The van der Waals surface area contributed by atoms with Crippen molar-refractivity contribution in [3.05, 3.63) is 11.8 Å². The van der Waals surface area contributed by atoms with Crippen LogP contribution in [-0.4, -0.2) is 58.6 Å². The van der Waals surface area contributed by atoms with E-state index in [-0.39, 0.29) is 0 Å². The lowest BCUT2D eigenvalue weighted by molar-refractivity contribution is -0.134. The highest BCUT2D eigenvalue weighted by molar-refractivity contribution is 5.78. The summed E-state index contributed by atoms with van der Waals surface area (Å²) in [4.78, 5) is 16.8. The fourth-order valence-electron chi connectivity index (χ4n) is 3.79. The van der Waals surface area contributed by atoms with Gasteiger partial charge >= 0.3 is 0 Å². The molecule has 0 atom stereocenters. The number of hydrogen-bond acceptors (Lipinski definition) is 5. The van der Waals surface area contributed by atoms with Gasteiger partial charge in [-0.05, 0) is 57.5 Å². The lowest BCUT2D eigenvalue weighted by atomic mass is 9.96. The molecule has 2 saturated heterocycles. The van der Waals surface area contributed by atoms with Crippen LogP contribution in [0.4, 0.5) is 0 Å². The number of rotatable bonds is 4. The largest absolute Gasteiger partial charge is 0.425 e. The number of carbonyl (C=O) groups is 1. The monoisotopic (exact) mass is 332 g/mol. The molecule has 6 nitrogen and oxygen atoms in total. The highest BCUT2D eigenvalue weighted by Crippen LogP contribution is 2.40. The molecule has 3 fully saturated rings. The lowest BCUT2D eigenvalue weighted by Gasteiger charge is -2.34. The summed E-state index contributed by atoms with van der Waals surface area (Å²) >= 11 is 0. The van der Waals surface area contributed by atoms with Gasteiger partial charge in [0.2, 0.25) is 17.7 Å². The van der Waals surface area contributed by atoms with Crippen LogP contribution in [0.2, 0.25) is 0 Å². The smallest absolute Gasteiger partial charge is 0.236 e. The molecule has 4 rings (SSSR count). The molecule has 0 radical (unpaired) electrons. The SMILES string of the molecule is CC1CCN(C(=O)CN2CCC(c3nnc(C4CC4)o3)CC2)CC1. The number of piperidine rings is 2. The van der Waals surface area contributed by atoms with Crippen LogP contribution >= 0.6 is 0 Å². The van der Waals surface area contributed by atoms with Gasteiger partial charge in [0.1, 0.15) is 0 Å². The Morgan fingerprint density at radius 3 is 2.12 bits per heavy atom. The van der Waals surface area contributed by atoms with Crippen LogP contribution in [0.3, 0.4) is 0 Å². The fraction of sp³-hybridized carbons (Fsp3) is 0.833. The molecule has 1 aromatic rings. The Labute approximate surface area is 143 Å². The Balaban J connectivity index is 1.24. The van der Waals surface area contributed by atoms with Gasteiger partial charge in [-0.3, -0.25) is 9.69 Å². The van der Waals surface area contributed by atoms with Gasteiger partial charge in [0.15, 0.2) is 0 Å². The third kappa shape index (κ3) is 3.63. The van der Waals surface area contributed by atoms with Crippen molar-refractivity contribution in [3.8, 4) is 0 Å². The zero-order valence-electron chi connectivity index (χ0n) is 14.6. The molecule has 6 heteroatoms. The van der Waals surface area contributed by atoms with Crippen LogP contribution in [0.5, 0.6) is 0 Å². The molecule has 24 heavy (non-hydrogen) atoms. The molecule has 0 N–H and O–H groups in total. The van der Waals surface area contributed by atoms with Crippen molar-refractivity contribution >= 4 is 5.91 Å². The van der Waals surface area contributed by atoms with E-state index in [1.165, 1.54) is 12.8 Å². The summed E-state index contributed by atoms with van der Waals surface area (Å²) in [7, 11) is 0. The maximum absolute atomic E-state index is 12.5. The molecule has 1 amide bonds. The van der Waals surface area contributed by atoms with Gasteiger partial charge in [-0.25, -0.2) is 0 Å². The number of hydrogen-bond donors (Lipinski definition) is 0. The molecule has 0 spiro atoms. The van der Waals surface area contributed by atoms with Crippen LogP contribution in [0.25, 0.3) is 0 Å². The summed E-state index contributed by atoms with van der Waals surface area (Å²) in [6.07, 6.45) is 6.70. The Morgan fingerprint density at radius 2 is 1.54 bits per heavy atom. The fourth-order valence-corrected chi connectivity index (χ4v) is 3.79. The summed E-state index contributed by atoms with van der Waals surface area (Å²) in [6, 6.07) is 0. The van der Waals surface area contributed by atoms with Gasteiger partial charge in [-0.2, -0.15) is 0 Å². The number of nitrogens with zero attached hydrogens (tertiary/aromatic N) is 4. The van der Waals surface area contributed by atoms with E-state index in [0.717, 1.165) is 69.6 Å². The van der Waals surface area contributed by atoms with E-state index in [1.54, 1.807) is 0 Å². The van der Waals surface area contributed by atoms with Crippen molar-refractivity contribution in [3.63, 3.8) is 0 Å². The molecule has 1 aliphatic carbocycles. The minimum atomic E-state index is 0.300. The minimum Gasteiger partial charge on any atom is -0.425 e. The summed E-state index contributed by atoms with van der Waals surface area (Å²) in [5, 5.41) is 8.45. The molecule has 0 aromatic carbocycles. The van der Waals surface area contributed by atoms with E-state index in [2.05, 4.69) is 22.0 Å². The molecule has 1 saturated carbocycles. The third-order valence-electron chi connectivity index (χ3n) is 5.81. The molecule has 1 aromatic heterocycles. The van der Waals surface area contributed by atoms with Gasteiger partial charge in [-0.15, -0.1) is 10.2 Å². The van der Waals surface area contributed by atoms with Crippen molar-refractivity contribution in [2.24, 2.45) is 5.92 Å². The third-order valence-corrected chi connectivity index (χ3v) is 5.81. The first-order chi connectivity index (χ1) is 11.7. The highest BCUT2D eigenvalue weighted by atomic mass is 16.4. The standard InChI is InChI=1S/C18H28N4O2/c1-13-4-10-22(11-5-13)16(23)12-21-8-6-15(7-9-21)18-20-19-17(24-18)14-2-3-14/h13-15H,2-12H2,1H3. The second-order valence-corrected chi connectivity index (χ2v) is 7.87. The predicted molar refractivity (Wildman–Crippen MR) is 89.7 cm³/mol. The summed E-state index contributed by atoms with van der Waals surface area (Å²) < 4.78 is 5.85. The average Bonchev–Trinajstić information content (AvgIpc) is 3.33. The Morgan fingerprint density at radius 1 is 0.958 bits per heavy atom. The zero-order chi connectivity index (χ0) is 16.5. The van der Waals surface area contributed by atoms with Crippen molar-refractivity contribution in [1.82, 2.24) is 20.0 Å². The molecule has 0 unspecified atom stereocenters. The van der Waals surface area contributed by atoms with Crippen molar-refractivity contribution < 1.29 is 9.21 Å². The Kier molecular flexibility index (Phi) is 4.57. The predicted octanol–water partition coefficient (Wildman–Crippen LogP) is 2.38. The van der Waals surface area contributed by atoms with E-state index >= 15 is 0 Å². The van der Waals surface area contributed by atoms with Gasteiger partial charge in [0.05, 0.1) is 6.54 Å². The highest BCUT2D eigenvalue weighted by Gasteiger charge is 2.32. The zero-order valence-corrected chi connectivity index (χ0v) is 14.6. The minimum absolute atomic E-state index is 0.300. The molecule has 132 valence electrons. The molecule has 3 aliphatic rings. The molecule has 0 bridgehead atoms. The number of aromatic nitrogens is 2. The molecule has 3 heterocycles. The van der Waals surface area contributed by atoms with E-state index in [4.69, 9.17) is 4.42 Å². The van der Waals surface area contributed by atoms with E-state index in [9.17, 15) is 4.79 Å². The van der Waals surface area contributed by atoms with E-state index in [0.29, 0.717) is 24.3 Å². The van der Waals surface area contributed by atoms with Crippen molar-refractivity contribution in [1.29, 1.82) is 0 Å². The maximum Gasteiger partial charge on any atom is 0.236 e. The summed E-state index contributed by atoms with van der Waals surface area (Å²) in [5.41, 5.74) is 0. The van der Waals surface area contributed by atoms with Gasteiger partial charge in [-0.1, -0.05) is 6.92 Å². The maximum atomic E-state index is 12.5. The first-order valence-corrected chi connectivity index (χ1v) is 9.52. The van der Waals surface area contributed by atoms with Crippen LogP contribution in [0, 0.1) is 5.92 Å². The number of carbonyl (C=O) groups excluding carboxylic acids is 1. The first-order valence-electron chi connectivity index (χ1n) is 9.52. The lowest BCUT2D eigenvalue weighted by Crippen LogP contribution is -2.45. The molecular formula is C18H28N4O2. The van der Waals surface area contributed by atoms with Crippen LogP contribution in [-0.2, 0) is 4.79 Å². The first kappa shape index (κ1) is 16.1. The Hall–Kier alpha value is -1.43. The van der Waals surface area contributed by atoms with Gasteiger partial charge in [0.25, 0.3) is 0 Å².